The average Bonchev–Trinajstić information content (AvgIpc) is 2.91. The maximum absolute atomic E-state index is 10.6. The highest BCUT2D eigenvalue weighted by molar-refractivity contribution is 5.48. The molecule has 8 nitrogen and oxygen atoms in total. The zero-order valence-corrected chi connectivity index (χ0v) is 20.4. The summed E-state index contributed by atoms with van der Waals surface area (Å²) < 4.78 is 17.2. The molecular formula is C27H32N4O4. The van der Waals surface area contributed by atoms with Gasteiger partial charge in [-0.3, -0.25) is 4.90 Å². The van der Waals surface area contributed by atoms with Gasteiger partial charge in [0.1, 0.15) is 0 Å². The average molecular weight is 477 g/mol. The first-order valence-corrected chi connectivity index (χ1v) is 12.2. The second kappa shape index (κ2) is 10.4. The summed E-state index contributed by atoms with van der Waals surface area (Å²) in [7, 11) is 3.20. The van der Waals surface area contributed by atoms with E-state index in [2.05, 4.69) is 9.80 Å². The first-order chi connectivity index (χ1) is 17.2. The van der Waals surface area contributed by atoms with Crippen LogP contribution in [0.5, 0.6) is 28.9 Å². The van der Waals surface area contributed by atoms with Crippen molar-refractivity contribution in [3.63, 3.8) is 0 Å². The van der Waals surface area contributed by atoms with Crippen LogP contribution in [0, 0.1) is 0 Å². The van der Waals surface area contributed by atoms with E-state index in [0.717, 1.165) is 61.7 Å². The third-order valence-electron chi connectivity index (χ3n) is 6.70. The van der Waals surface area contributed by atoms with Crippen LogP contribution < -0.4 is 19.1 Å². The van der Waals surface area contributed by atoms with E-state index in [1.807, 2.05) is 36.4 Å². The second-order valence-corrected chi connectivity index (χ2v) is 8.98. The molecule has 0 amide bonds. The minimum absolute atomic E-state index is 0.183. The molecule has 0 unspecified atom stereocenters. The van der Waals surface area contributed by atoms with Crippen molar-refractivity contribution in [3.05, 3.63) is 59.3 Å². The van der Waals surface area contributed by atoms with Crippen LogP contribution in [0.25, 0.3) is 0 Å². The summed E-state index contributed by atoms with van der Waals surface area (Å²) in [6, 6.07) is 13.2. The number of rotatable bonds is 7. The number of ether oxygens (including phenoxy) is 3. The number of methoxy groups -OCH3 is 2. The van der Waals surface area contributed by atoms with Gasteiger partial charge in [-0.15, -0.1) is 0 Å². The molecular weight excluding hydrogens is 444 g/mol. The van der Waals surface area contributed by atoms with Gasteiger partial charge in [-0.25, -0.2) is 4.98 Å². The van der Waals surface area contributed by atoms with Gasteiger partial charge in [0, 0.05) is 44.7 Å². The van der Waals surface area contributed by atoms with Crippen LogP contribution in [0.4, 0.5) is 5.95 Å². The fourth-order valence-electron chi connectivity index (χ4n) is 4.79. The van der Waals surface area contributed by atoms with E-state index in [4.69, 9.17) is 24.2 Å². The molecule has 2 aromatic carbocycles. The number of fused-ring (bicyclic) bond motifs is 1. The van der Waals surface area contributed by atoms with Gasteiger partial charge in [0.05, 0.1) is 25.5 Å². The number of phenolic OH excluding ortho intramolecular Hbond substituents is 1. The Morgan fingerprint density at radius 2 is 1.60 bits per heavy atom. The molecule has 35 heavy (non-hydrogen) atoms. The van der Waals surface area contributed by atoms with Crippen molar-refractivity contribution in [1.82, 2.24) is 14.9 Å². The van der Waals surface area contributed by atoms with E-state index in [1.165, 1.54) is 6.42 Å². The number of aromatic nitrogens is 2. The molecule has 0 aliphatic carbocycles. The van der Waals surface area contributed by atoms with Gasteiger partial charge >= 0.3 is 0 Å². The molecule has 3 aromatic rings. The van der Waals surface area contributed by atoms with Gasteiger partial charge in [0.2, 0.25) is 11.8 Å². The summed E-state index contributed by atoms with van der Waals surface area (Å²) >= 11 is 0. The smallest absolute Gasteiger partial charge is 0.229 e. The second-order valence-electron chi connectivity index (χ2n) is 8.98. The van der Waals surface area contributed by atoms with E-state index in [9.17, 15) is 5.11 Å². The highest BCUT2D eigenvalue weighted by Gasteiger charge is 2.27. The Labute approximate surface area is 206 Å². The quantitative estimate of drug-likeness (QED) is 0.532. The van der Waals surface area contributed by atoms with Crippen molar-refractivity contribution in [3.8, 4) is 28.9 Å². The number of aromatic hydroxyl groups is 1. The Kier molecular flexibility index (Phi) is 6.90. The highest BCUT2D eigenvalue weighted by Crippen LogP contribution is 2.37. The Balaban J connectivity index is 1.47. The van der Waals surface area contributed by atoms with E-state index >= 15 is 0 Å². The molecule has 0 bridgehead atoms. The van der Waals surface area contributed by atoms with Crippen molar-refractivity contribution in [2.75, 3.05) is 38.8 Å². The summed E-state index contributed by atoms with van der Waals surface area (Å²) in [6.07, 6.45) is 4.34. The molecule has 0 saturated carbocycles. The normalized spacial score (nSPS) is 16.0. The maximum atomic E-state index is 10.6. The van der Waals surface area contributed by atoms with Crippen molar-refractivity contribution >= 4 is 5.95 Å². The summed E-state index contributed by atoms with van der Waals surface area (Å²) in [4.78, 5) is 14.4. The predicted octanol–water partition coefficient (Wildman–Crippen LogP) is 4.54. The molecule has 5 rings (SSSR count). The predicted molar refractivity (Wildman–Crippen MR) is 134 cm³/mol. The number of hydrogen-bond donors (Lipinski definition) is 1. The zero-order valence-electron chi connectivity index (χ0n) is 20.4. The van der Waals surface area contributed by atoms with E-state index in [1.54, 1.807) is 20.3 Å². The Hall–Kier alpha value is -3.52. The molecule has 0 atom stereocenters. The summed E-state index contributed by atoms with van der Waals surface area (Å²) in [5.41, 5.74) is 2.83. The topological polar surface area (TPSA) is 80.2 Å². The maximum Gasteiger partial charge on any atom is 0.229 e. The Bertz CT molecular complexity index is 1180. The Morgan fingerprint density at radius 1 is 0.857 bits per heavy atom. The molecule has 1 N–H and O–H groups in total. The molecule has 184 valence electrons. The minimum Gasteiger partial charge on any atom is -0.504 e. The monoisotopic (exact) mass is 476 g/mol. The first-order valence-electron chi connectivity index (χ1n) is 12.2. The summed E-state index contributed by atoms with van der Waals surface area (Å²) in [5, 5.41) is 10.6. The number of benzene rings is 2. The number of nitrogens with zero attached hydrogens (tertiary/aromatic N) is 4. The van der Waals surface area contributed by atoms with Crippen LogP contribution >= 0.6 is 0 Å². The first kappa shape index (κ1) is 23.2. The van der Waals surface area contributed by atoms with Crippen LogP contribution in [0.15, 0.2) is 42.5 Å². The van der Waals surface area contributed by atoms with Crippen molar-refractivity contribution in [2.24, 2.45) is 0 Å². The van der Waals surface area contributed by atoms with Crippen molar-refractivity contribution < 1.29 is 19.3 Å². The largest absolute Gasteiger partial charge is 0.504 e. The van der Waals surface area contributed by atoms with Gasteiger partial charge in [0.15, 0.2) is 23.0 Å². The van der Waals surface area contributed by atoms with Gasteiger partial charge in [-0.05, 0) is 37.5 Å². The highest BCUT2D eigenvalue weighted by atomic mass is 16.5. The number of hydrogen-bond acceptors (Lipinski definition) is 8. The van der Waals surface area contributed by atoms with E-state index in [-0.39, 0.29) is 5.75 Å². The zero-order chi connectivity index (χ0) is 24.2. The molecule has 0 spiro atoms. The Morgan fingerprint density at radius 3 is 2.37 bits per heavy atom. The third kappa shape index (κ3) is 4.98. The standard InChI is InChI=1S/C27H32N4O4/c1-33-22-10-4-5-11-23(22)35-26-20-18-30(17-19-9-8-12-24(34-2)25(19)32)16-13-21(20)28-27(29-26)31-14-6-3-7-15-31/h4-5,8-12,32H,3,6-7,13-18H2,1-2H3. The van der Waals surface area contributed by atoms with Gasteiger partial charge < -0.3 is 24.2 Å². The molecule has 0 radical (unpaired) electrons. The molecule has 1 saturated heterocycles. The molecule has 3 heterocycles. The number of para-hydroxylation sites is 3. The van der Waals surface area contributed by atoms with Gasteiger partial charge in [-0.1, -0.05) is 24.3 Å². The number of piperidine rings is 1. The fraction of sp³-hybridized carbons (Fsp3) is 0.407. The lowest BCUT2D eigenvalue weighted by Gasteiger charge is -2.32. The van der Waals surface area contributed by atoms with Crippen LogP contribution in [0.2, 0.25) is 0 Å². The van der Waals surface area contributed by atoms with Crippen LogP contribution in [0.3, 0.4) is 0 Å². The lowest BCUT2D eigenvalue weighted by atomic mass is 10.0. The van der Waals surface area contributed by atoms with Crippen LogP contribution in [0.1, 0.15) is 36.1 Å². The minimum atomic E-state index is 0.183. The molecule has 2 aliphatic heterocycles. The summed E-state index contributed by atoms with van der Waals surface area (Å²) in [6.45, 7) is 3.97. The molecule has 1 aromatic heterocycles. The van der Waals surface area contributed by atoms with Crippen LogP contribution in [-0.4, -0.2) is 53.8 Å². The molecule has 8 heteroatoms. The van der Waals surface area contributed by atoms with Crippen molar-refractivity contribution in [1.29, 1.82) is 0 Å². The lowest BCUT2D eigenvalue weighted by Crippen LogP contribution is -2.34. The molecule has 1 fully saturated rings. The van der Waals surface area contributed by atoms with E-state index in [0.29, 0.717) is 36.2 Å². The van der Waals surface area contributed by atoms with Gasteiger partial charge in [-0.2, -0.15) is 4.98 Å². The molecule has 2 aliphatic rings. The van der Waals surface area contributed by atoms with Gasteiger partial charge in [0.25, 0.3) is 0 Å². The van der Waals surface area contributed by atoms with E-state index < -0.39 is 0 Å². The van der Waals surface area contributed by atoms with Crippen LogP contribution in [-0.2, 0) is 19.5 Å². The lowest BCUT2D eigenvalue weighted by molar-refractivity contribution is 0.234. The van der Waals surface area contributed by atoms with Crippen molar-refractivity contribution in [2.45, 2.75) is 38.8 Å². The fourth-order valence-corrected chi connectivity index (χ4v) is 4.79. The number of phenols is 1. The third-order valence-corrected chi connectivity index (χ3v) is 6.70. The number of anilines is 1. The SMILES string of the molecule is COc1ccccc1Oc1nc(N2CCCCC2)nc2c1CN(Cc1cccc(OC)c1O)CC2. The summed E-state index contributed by atoms with van der Waals surface area (Å²) in [5.74, 6) is 3.26.